The molecule has 0 spiro atoms. The van der Waals surface area contributed by atoms with Gasteiger partial charge in [-0.2, -0.15) is 13.2 Å². The zero-order valence-corrected chi connectivity index (χ0v) is 15.8. The molecule has 3 rings (SSSR count). The van der Waals surface area contributed by atoms with E-state index in [1.54, 1.807) is 24.3 Å². The molecular weight excluding hydrogens is 407 g/mol. The molecular formula is C19H14F3N3O3S. The quantitative estimate of drug-likeness (QED) is 0.692. The number of alkyl halides is 3. The first kappa shape index (κ1) is 20.5. The summed E-state index contributed by atoms with van der Waals surface area (Å²) in [5.74, 6) is -0.575. The highest BCUT2D eigenvalue weighted by Gasteiger charge is 2.30. The second-order valence-corrected chi connectivity index (χ2v) is 8.10. The standard InChI is InChI=1S/C19H14F3N3O3S/c1-29(27,28)17-10-9-16(24-25-17)13-3-2-4-15(11-13)23-18(26)12-5-7-14(8-6-12)19(20,21)22/h2-11H,1H3,(H,23,26). The number of rotatable bonds is 4. The van der Waals surface area contributed by atoms with E-state index in [1.807, 2.05) is 0 Å². The lowest BCUT2D eigenvalue weighted by Gasteiger charge is -2.09. The Morgan fingerprint density at radius 3 is 2.21 bits per heavy atom. The highest BCUT2D eigenvalue weighted by molar-refractivity contribution is 7.90. The predicted molar refractivity (Wildman–Crippen MR) is 100.0 cm³/mol. The van der Waals surface area contributed by atoms with Gasteiger partial charge in [-0.1, -0.05) is 12.1 Å². The van der Waals surface area contributed by atoms with Gasteiger partial charge in [-0.25, -0.2) is 8.42 Å². The van der Waals surface area contributed by atoms with Gasteiger partial charge in [0, 0.05) is 23.1 Å². The molecule has 29 heavy (non-hydrogen) atoms. The number of carbonyl (C=O) groups excluding carboxylic acids is 1. The van der Waals surface area contributed by atoms with E-state index in [0.717, 1.165) is 30.5 Å². The first-order valence-corrected chi connectivity index (χ1v) is 10.1. The lowest BCUT2D eigenvalue weighted by Crippen LogP contribution is -2.13. The Kier molecular flexibility index (Phi) is 5.38. The molecule has 1 N–H and O–H groups in total. The molecule has 0 aliphatic carbocycles. The van der Waals surface area contributed by atoms with Crippen molar-refractivity contribution in [2.45, 2.75) is 11.2 Å². The summed E-state index contributed by atoms with van der Waals surface area (Å²) in [4.78, 5) is 12.3. The summed E-state index contributed by atoms with van der Waals surface area (Å²) < 4.78 is 60.8. The molecule has 2 aromatic carbocycles. The molecule has 1 heterocycles. The van der Waals surface area contributed by atoms with Crippen LogP contribution in [0.4, 0.5) is 18.9 Å². The van der Waals surface area contributed by atoms with Crippen molar-refractivity contribution < 1.29 is 26.4 Å². The number of hydrogen-bond acceptors (Lipinski definition) is 5. The van der Waals surface area contributed by atoms with Crippen LogP contribution in [0.2, 0.25) is 0 Å². The third-order valence-corrected chi connectivity index (χ3v) is 4.89. The Bertz CT molecular complexity index is 1140. The molecule has 0 aliphatic heterocycles. The van der Waals surface area contributed by atoms with E-state index >= 15 is 0 Å². The molecule has 0 fully saturated rings. The van der Waals surface area contributed by atoms with Crippen molar-refractivity contribution >= 4 is 21.4 Å². The Balaban J connectivity index is 1.78. The van der Waals surface area contributed by atoms with Crippen LogP contribution < -0.4 is 5.32 Å². The Morgan fingerprint density at radius 1 is 0.966 bits per heavy atom. The number of halogens is 3. The van der Waals surface area contributed by atoms with Crippen LogP contribution in [0.1, 0.15) is 15.9 Å². The molecule has 1 aromatic heterocycles. The third kappa shape index (κ3) is 4.96. The van der Waals surface area contributed by atoms with E-state index < -0.39 is 27.5 Å². The van der Waals surface area contributed by atoms with Crippen molar-refractivity contribution in [1.29, 1.82) is 0 Å². The summed E-state index contributed by atoms with van der Waals surface area (Å²) >= 11 is 0. The maximum Gasteiger partial charge on any atom is 0.416 e. The van der Waals surface area contributed by atoms with Gasteiger partial charge in [-0.05, 0) is 48.5 Å². The summed E-state index contributed by atoms with van der Waals surface area (Å²) in [7, 11) is -3.47. The molecule has 0 atom stereocenters. The summed E-state index contributed by atoms with van der Waals surface area (Å²) in [6.45, 7) is 0. The van der Waals surface area contributed by atoms with Gasteiger partial charge in [0.2, 0.25) is 0 Å². The van der Waals surface area contributed by atoms with Gasteiger partial charge < -0.3 is 5.32 Å². The van der Waals surface area contributed by atoms with Crippen LogP contribution in [0, 0.1) is 0 Å². The van der Waals surface area contributed by atoms with Crippen molar-refractivity contribution in [3.8, 4) is 11.3 Å². The van der Waals surface area contributed by atoms with E-state index in [1.165, 1.54) is 12.1 Å². The number of amides is 1. The van der Waals surface area contributed by atoms with Crippen molar-refractivity contribution in [3.05, 3.63) is 71.8 Å². The normalized spacial score (nSPS) is 11.9. The van der Waals surface area contributed by atoms with Gasteiger partial charge in [0.25, 0.3) is 5.91 Å². The van der Waals surface area contributed by atoms with Crippen LogP contribution in [0.25, 0.3) is 11.3 Å². The number of aromatic nitrogens is 2. The Hall–Kier alpha value is -3.27. The molecule has 0 aliphatic rings. The number of benzene rings is 2. The maximum absolute atomic E-state index is 12.6. The number of anilines is 1. The minimum absolute atomic E-state index is 0.0701. The molecule has 0 unspecified atom stereocenters. The fraction of sp³-hybridized carbons (Fsp3) is 0.105. The fourth-order valence-corrected chi connectivity index (χ4v) is 2.95. The van der Waals surface area contributed by atoms with Crippen molar-refractivity contribution in [2.24, 2.45) is 0 Å². The molecule has 0 saturated heterocycles. The van der Waals surface area contributed by atoms with E-state index in [9.17, 15) is 26.4 Å². The van der Waals surface area contributed by atoms with Gasteiger partial charge in [0.05, 0.1) is 11.3 Å². The van der Waals surface area contributed by atoms with Gasteiger partial charge in [-0.15, -0.1) is 10.2 Å². The SMILES string of the molecule is CS(=O)(=O)c1ccc(-c2cccc(NC(=O)c3ccc(C(F)(F)F)cc3)c2)nn1. The molecule has 0 bridgehead atoms. The van der Waals surface area contributed by atoms with E-state index in [-0.39, 0.29) is 10.6 Å². The predicted octanol–water partition coefficient (Wildman–Crippen LogP) is 3.82. The number of sulfone groups is 1. The van der Waals surface area contributed by atoms with E-state index in [2.05, 4.69) is 15.5 Å². The maximum atomic E-state index is 12.6. The largest absolute Gasteiger partial charge is 0.416 e. The molecule has 3 aromatic rings. The second-order valence-electron chi connectivity index (χ2n) is 6.14. The van der Waals surface area contributed by atoms with Crippen molar-refractivity contribution in [1.82, 2.24) is 10.2 Å². The highest BCUT2D eigenvalue weighted by Crippen LogP contribution is 2.29. The van der Waals surface area contributed by atoms with Gasteiger partial charge in [0.1, 0.15) is 0 Å². The monoisotopic (exact) mass is 421 g/mol. The first-order chi connectivity index (χ1) is 13.5. The molecule has 0 saturated carbocycles. The van der Waals surface area contributed by atoms with Crippen LogP contribution in [-0.4, -0.2) is 30.8 Å². The number of hydrogen-bond donors (Lipinski definition) is 1. The van der Waals surface area contributed by atoms with Gasteiger partial charge in [-0.3, -0.25) is 4.79 Å². The van der Waals surface area contributed by atoms with E-state index in [4.69, 9.17) is 0 Å². The summed E-state index contributed by atoms with van der Waals surface area (Å²) in [5, 5.41) is 9.99. The third-order valence-electron chi connectivity index (χ3n) is 3.91. The van der Waals surface area contributed by atoms with Crippen LogP contribution in [-0.2, 0) is 16.0 Å². The number of carbonyl (C=O) groups is 1. The van der Waals surface area contributed by atoms with Crippen LogP contribution >= 0.6 is 0 Å². The summed E-state index contributed by atoms with van der Waals surface area (Å²) in [6.07, 6.45) is -3.45. The van der Waals surface area contributed by atoms with Crippen molar-refractivity contribution in [3.63, 3.8) is 0 Å². The van der Waals surface area contributed by atoms with Gasteiger partial charge >= 0.3 is 6.18 Å². The number of nitrogens with one attached hydrogen (secondary N) is 1. The van der Waals surface area contributed by atoms with Crippen molar-refractivity contribution in [2.75, 3.05) is 11.6 Å². The summed E-state index contributed by atoms with van der Waals surface area (Å²) in [6, 6.07) is 13.2. The number of nitrogens with zero attached hydrogens (tertiary/aromatic N) is 2. The lowest BCUT2D eigenvalue weighted by atomic mass is 10.1. The molecule has 10 heteroatoms. The van der Waals surface area contributed by atoms with E-state index in [0.29, 0.717) is 16.9 Å². The fourth-order valence-electron chi connectivity index (χ4n) is 2.44. The average Bonchev–Trinajstić information content (AvgIpc) is 2.67. The molecule has 6 nitrogen and oxygen atoms in total. The summed E-state index contributed by atoms with van der Waals surface area (Å²) in [5.41, 5.74) is 0.583. The molecule has 150 valence electrons. The highest BCUT2D eigenvalue weighted by atomic mass is 32.2. The van der Waals surface area contributed by atoms with Crippen LogP contribution in [0.15, 0.2) is 65.7 Å². The topological polar surface area (TPSA) is 89.0 Å². The van der Waals surface area contributed by atoms with Crippen LogP contribution in [0.3, 0.4) is 0 Å². The lowest BCUT2D eigenvalue weighted by molar-refractivity contribution is -0.137. The minimum Gasteiger partial charge on any atom is -0.322 e. The zero-order chi connectivity index (χ0) is 21.2. The van der Waals surface area contributed by atoms with Gasteiger partial charge in [0.15, 0.2) is 14.9 Å². The minimum atomic E-state index is -4.48. The second kappa shape index (κ2) is 7.63. The molecule has 0 radical (unpaired) electrons. The first-order valence-electron chi connectivity index (χ1n) is 8.17. The average molecular weight is 421 g/mol. The Labute approximate surface area is 164 Å². The zero-order valence-electron chi connectivity index (χ0n) is 14.9. The smallest absolute Gasteiger partial charge is 0.322 e. The molecule has 1 amide bonds. The van der Waals surface area contributed by atoms with Crippen LogP contribution in [0.5, 0.6) is 0 Å². The Morgan fingerprint density at radius 2 is 1.66 bits per heavy atom.